The molecule has 0 aromatic heterocycles. The number of benzene rings is 1. The highest BCUT2D eigenvalue weighted by Crippen LogP contribution is 2.47. The summed E-state index contributed by atoms with van der Waals surface area (Å²) in [4.78, 5) is 0. The van der Waals surface area contributed by atoms with Crippen LogP contribution in [0.25, 0.3) is 0 Å². The lowest BCUT2D eigenvalue weighted by Crippen LogP contribution is -2.00. The van der Waals surface area contributed by atoms with Crippen LogP contribution < -0.4 is 4.74 Å². The van der Waals surface area contributed by atoms with E-state index in [2.05, 4.69) is 0 Å². The summed E-state index contributed by atoms with van der Waals surface area (Å²) in [6.07, 6.45) is 1.26. The first-order valence-electron chi connectivity index (χ1n) is 4.91. The Bertz CT molecular complexity index is 335. The van der Waals surface area contributed by atoms with E-state index in [1.807, 2.05) is 29.6 Å². The van der Waals surface area contributed by atoms with E-state index in [1.54, 1.807) is 19.2 Å². The highest BCUT2D eigenvalue weighted by atomic mass is 32.2. The summed E-state index contributed by atoms with van der Waals surface area (Å²) in [5.74, 6) is 3.54. The van der Waals surface area contributed by atoms with Crippen molar-refractivity contribution in [1.82, 2.24) is 0 Å². The minimum absolute atomic E-state index is 0.355. The van der Waals surface area contributed by atoms with Gasteiger partial charge in [-0.05, 0) is 36.1 Å². The second-order valence-corrected chi connectivity index (χ2v) is 6.08. The van der Waals surface area contributed by atoms with E-state index in [0.29, 0.717) is 10.3 Å². The lowest BCUT2D eigenvalue weighted by Gasteiger charge is -2.22. The molecule has 0 spiro atoms. The van der Waals surface area contributed by atoms with Gasteiger partial charge in [0.2, 0.25) is 0 Å². The van der Waals surface area contributed by atoms with Crippen LogP contribution in [0.4, 0.5) is 0 Å². The molecule has 2 nitrogen and oxygen atoms in total. The van der Waals surface area contributed by atoms with Gasteiger partial charge >= 0.3 is 0 Å². The van der Waals surface area contributed by atoms with Crippen molar-refractivity contribution in [2.24, 2.45) is 0 Å². The number of thioether (sulfide) groups is 2. The number of phenols is 1. The maximum Gasteiger partial charge on any atom is 0.121 e. The zero-order valence-electron chi connectivity index (χ0n) is 8.60. The van der Waals surface area contributed by atoms with Crippen molar-refractivity contribution in [3.63, 3.8) is 0 Å². The summed E-state index contributed by atoms with van der Waals surface area (Å²) in [6.45, 7) is 0. The van der Waals surface area contributed by atoms with E-state index >= 15 is 0 Å². The normalized spacial score (nSPS) is 17.7. The first-order chi connectivity index (χ1) is 7.31. The summed E-state index contributed by atoms with van der Waals surface area (Å²) >= 11 is 3.79. The Hall–Kier alpha value is -0.480. The van der Waals surface area contributed by atoms with Gasteiger partial charge < -0.3 is 9.84 Å². The first kappa shape index (κ1) is 11.0. The van der Waals surface area contributed by atoms with E-state index < -0.39 is 0 Å². The number of phenolic OH excluding ortho intramolecular Hbond substituents is 1. The van der Waals surface area contributed by atoms with Gasteiger partial charge in [0.05, 0.1) is 11.7 Å². The van der Waals surface area contributed by atoms with Crippen LogP contribution in [0.15, 0.2) is 18.2 Å². The minimum Gasteiger partial charge on any atom is -0.508 e. The smallest absolute Gasteiger partial charge is 0.121 e. The average Bonchev–Trinajstić information content (AvgIpc) is 2.31. The molecule has 0 bridgehead atoms. The zero-order chi connectivity index (χ0) is 10.7. The highest BCUT2D eigenvalue weighted by Gasteiger charge is 2.20. The number of hydrogen-bond acceptors (Lipinski definition) is 4. The molecule has 0 unspecified atom stereocenters. The number of aromatic hydroxyl groups is 1. The van der Waals surface area contributed by atoms with Gasteiger partial charge in [-0.25, -0.2) is 0 Å². The molecule has 1 aromatic rings. The number of ether oxygens (including phenoxy) is 1. The lowest BCUT2D eigenvalue weighted by molar-refractivity contribution is 0.411. The molecule has 4 heteroatoms. The Labute approximate surface area is 98.4 Å². The molecule has 1 fully saturated rings. The van der Waals surface area contributed by atoms with E-state index in [1.165, 1.54) is 17.9 Å². The SMILES string of the molecule is COc1ccc(O)c(C2SCCCS2)c1. The van der Waals surface area contributed by atoms with Crippen LogP contribution >= 0.6 is 23.5 Å². The molecule has 0 atom stereocenters. The zero-order valence-corrected chi connectivity index (χ0v) is 10.2. The second-order valence-electron chi connectivity index (χ2n) is 3.35. The molecule has 82 valence electrons. The van der Waals surface area contributed by atoms with E-state index in [0.717, 1.165) is 11.3 Å². The van der Waals surface area contributed by atoms with E-state index in [-0.39, 0.29) is 0 Å². The number of hydrogen-bond donors (Lipinski definition) is 1. The molecule has 2 rings (SSSR count). The third-order valence-corrected chi connectivity index (χ3v) is 5.29. The predicted molar refractivity (Wildman–Crippen MR) is 66.9 cm³/mol. The van der Waals surface area contributed by atoms with Crippen molar-refractivity contribution >= 4 is 23.5 Å². The molecule has 1 heterocycles. The summed E-state index contributed by atoms with van der Waals surface area (Å²) in [7, 11) is 1.65. The topological polar surface area (TPSA) is 29.5 Å². The Morgan fingerprint density at radius 3 is 2.73 bits per heavy atom. The summed E-state index contributed by atoms with van der Waals surface area (Å²) in [5, 5.41) is 9.80. The summed E-state index contributed by atoms with van der Waals surface area (Å²) < 4.78 is 5.53. The fourth-order valence-electron chi connectivity index (χ4n) is 1.52. The Balaban J connectivity index is 2.24. The fourth-order valence-corrected chi connectivity index (χ4v) is 4.45. The van der Waals surface area contributed by atoms with Gasteiger partial charge in [-0.2, -0.15) is 0 Å². The second kappa shape index (κ2) is 5.03. The van der Waals surface area contributed by atoms with Gasteiger partial charge in [0.1, 0.15) is 11.5 Å². The van der Waals surface area contributed by atoms with Crippen LogP contribution in [0, 0.1) is 0 Å². The van der Waals surface area contributed by atoms with Crippen molar-refractivity contribution in [1.29, 1.82) is 0 Å². The standard InChI is InChI=1S/C11H14O2S2/c1-13-8-3-4-10(12)9(7-8)11-14-5-2-6-15-11/h3-4,7,11-12H,2,5-6H2,1H3. The minimum atomic E-state index is 0.355. The van der Waals surface area contributed by atoms with Crippen molar-refractivity contribution in [2.45, 2.75) is 11.0 Å². The third-order valence-electron chi connectivity index (χ3n) is 2.32. The Morgan fingerprint density at radius 2 is 2.07 bits per heavy atom. The van der Waals surface area contributed by atoms with Crippen molar-refractivity contribution in [2.75, 3.05) is 18.6 Å². The quantitative estimate of drug-likeness (QED) is 0.862. The molecular weight excluding hydrogens is 228 g/mol. The molecule has 0 amide bonds. The van der Waals surface area contributed by atoms with Gasteiger partial charge in [-0.3, -0.25) is 0 Å². The molecule has 0 radical (unpaired) electrons. The van der Waals surface area contributed by atoms with E-state index in [9.17, 15) is 5.11 Å². The van der Waals surface area contributed by atoms with Gasteiger partial charge in [0, 0.05) is 5.56 Å². The van der Waals surface area contributed by atoms with Crippen molar-refractivity contribution < 1.29 is 9.84 Å². The van der Waals surface area contributed by atoms with Crippen LogP contribution in [0.5, 0.6) is 11.5 Å². The number of methoxy groups -OCH3 is 1. The molecule has 1 aromatic carbocycles. The van der Waals surface area contributed by atoms with Gasteiger partial charge in [0.25, 0.3) is 0 Å². The average molecular weight is 242 g/mol. The van der Waals surface area contributed by atoms with Gasteiger partial charge in [0.15, 0.2) is 0 Å². The van der Waals surface area contributed by atoms with Crippen LogP contribution in [-0.4, -0.2) is 23.7 Å². The Kier molecular flexibility index (Phi) is 3.70. The fraction of sp³-hybridized carbons (Fsp3) is 0.455. The van der Waals surface area contributed by atoms with Crippen LogP contribution in [0.3, 0.4) is 0 Å². The van der Waals surface area contributed by atoms with Crippen LogP contribution in [0.1, 0.15) is 16.6 Å². The maximum atomic E-state index is 9.80. The maximum absolute atomic E-state index is 9.80. The van der Waals surface area contributed by atoms with Crippen molar-refractivity contribution in [3.8, 4) is 11.5 Å². The summed E-state index contributed by atoms with van der Waals surface area (Å²) in [6, 6.07) is 5.44. The molecule has 1 aliphatic rings. The van der Waals surface area contributed by atoms with Gasteiger partial charge in [-0.1, -0.05) is 0 Å². The molecule has 1 aliphatic heterocycles. The van der Waals surface area contributed by atoms with Gasteiger partial charge in [-0.15, -0.1) is 23.5 Å². The monoisotopic (exact) mass is 242 g/mol. The van der Waals surface area contributed by atoms with Crippen LogP contribution in [0.2, 0.25) is 0 Å². The molecule has 1 N–H and O–H groups in total. The highest BCUT2D eigenvalue weighted by molar-refractivity contribution is 8.16. The molecule has 0 saturated carbocycles. The summed E-state index contributed by atoms with van der Waals surface area (Å²) in [5.41, 5.74) is 0.990. The molecule has 0 aliphatic carbocycles. The third kappa shape index (κ3) is 2.55. The van der Waals surface area contributed by atoms with Crippen molar-refractivity contribution in [3.05, 3.63) is 23.8 Å². The molecule has 1 saturated heterocycles. The lowest BCUT2D eigenvalue weighted by atomic mass is 10.2. The molecule has 15 heavy (non-hydrogen) atoms. The van der Waals surface area contributed by atoms with Crippen LogP contribution in [-0.2, 0) is 0 Å². The Morgan fingerprint density at radius 1 is 1.33 bits per heavy atom. The van der Waals surface area contributed by atoms with E-state index in [4.69, 9.17) is 4.74 Å². The predicted octanol–water partition coefficient (Wildman–Crippen LogP) is 3.27. The first-order valence-corrected chi connectivity index (χ1v) is 7.01. The largest absolute Gasteiger partial charge is 0.508 e. The number of rotatable bonds is 2. The molecular formula is C11H14O2S2.